The van der Waals surface area contributed by atoms with E-state index in [1.54, 1.807) is 0 Å². The summed E-state index contributed by atoms with van der Waals surface area (Å²) >= 11 is 5.72. The van der Waals surface area contributed by atoms with Gasteiger partial charge in [-0.25, -0.2) is 18.0 Å². The van der Waals surface area contributed by atoms with Gasteiger partial charge in [0, 0.05) is 5.02 Å². The smallest absolute Gasteiger partial charge is 0.337 e. The van der Waals surface area contributed by atoms with Gasteiger partial charge in [-0.15, -0.1) is 0 Å². The molecule has 2 aromatic carbocycles. The Morgan fingerprint density at radius 1 is 1.05 bits per heavy atom. The number of hydrogen-bond acceptors (Lipinski definition) is 2. The molecule has 20 heavy (non-hydrogen) atoms. The van der Waals surface area contributed by atoms with Crippen molar-refractivity contribution in [1.82, 2.24) is 0 Å². The van der Waals surface area contributed by atoms with E-state index in [2.05, 4.69) is 5.32 Å². The number of nitrogens with one attached hydrogen (secondary N) is 1. The third-order valence-electron chi connectivity index (χ3n) is 2.52. The summed E-state index contributed by atoms with van der Waals surface area (Å²) in [6.45, 7) is 0. The molecule has 2 aromatic rings. The van der Waals surface area contributed by atoms with Crippen molar-refractivity contribution in [2.45, 2.75) is 0 Å². The fourth-order valence-corrected chi connectivity index (χ4v) is 1.75. The summed E-state index contributed by atoms with van der Waals surface area (Å²) in [4.78, 5) is 11.0. The van der Waals surface area contributed by atoms with Gasteiger partial charge in [0.1, 0.15) is 0 Å². The maximum Gasteiger partial charge on any atom is 0.337 e. The van der Waals surface area contributed by atoms with Crippen molar-refractivity contribution in [3.8, 4) is 0 Å². The largest absolute Gasteiger partial charge is 0.478 e. The number of carboxylic acid groups (broad SMARTS) is 1. The van der Waals surface area contributed by atoms with Gasteiger partial charge in [0.05, 0.1) is 16.9 Å². The van der Waals surface area contributed by atoms with Crippen LogP contribution in [0.1, 0.15) is 10.4 Å². The lowest BCUT2D eigenvalue weighted by atomic mass is 10.1. The van der Waals surface area contributed by atoms with Crippen molar-refractivity contribution in [1.29, 1.82) is 0 Å². The van der Waals surface area contributed by atoms with Crippen LogP contribution in [-0.2, 0) is 0 Å². The summed E-state index contributed by atoms with van der Waals surface area (Å²) in [5.41, 5.74) is -0.609. The minimum atomic E-state index is -1.64. The quantitative estimate of drug-likeness (QED) is 0.835. The van der Waals surface area contributed by atoms with Gasteiger partial charge in [-0.1, -0.05) is 11.6 Å². The highest BCUT2D eigenvalue weighted by Crippen LogP contribution is 2.28. The van der Waals surface area contributed by atoms with Gasteiger partial charge in [0.15, 0.2) is 17.5 Å². The zero-order valence-corrected chi connectivity index (χ0v) is 10.5. The second-order valence-electron chi connectivity index (χ2n) is 3.84. The highest BCUT2D eigenvalue weighted by Gasteiger charge is 2.16. The molecule has 0 aliphatic rings. The summed E-state index contributed by atoms with van der Waals surface area (Å²) in [7, 11) is 0. The Hall–Kier alpha value is -2.21. The molecule has 104 valence electrons. The minimum absolute atomic E-state index is 0.0325. The molecule has 0 unspecified atom stereocenters. The van der Waals surface area contributed by atoms with Crippen LogP contribution in [0.4, 0.5) is 24.5 Å². The molecule has 0 fully saturated rings. The minimum Gasteiger partial charge on any atom is -0.478 e. The molecule has 2 rings (SSSR count). The molecule has 0 atom stereocenters. The maximum atomic E-state index is 13.5. The van der Waals surface area contributed by atoms with Gasteiger partial charge < -0.3 is 10.4 Å². The lowest BCUT2D eigenvalue weighted by molar-refractivity contribution is 0.0698. The Kier molecular flexibility index (Phi) is 3.85. The van der Waals surface area contributed by atoms with E-state index in [9.17, 15) is 18.0 Å². The van der Waals surface area contributed by atoms with E-state index in [1.165, 1.54) is 18.2 Å². The Balaban J connectivity index is 2.47. The van der Waals surface area contributed by atoms with Crippen LogP contribution in [0, 0.1) is 17.5 Å². The van der Waals surface area contributed by atoms with Gasteiger partial charge in [0.2, 0.25) is 0 Å². The van der Waals surface area contributed by atoms with E-state index < -0.39 is 29.1 Å². The molecule has 0 amide bonds. The normalized spacial score (nSPS) is 10.4. The van der Waals surface area contributed by atoms with E-state index >= 15 is 0 Å². The number of hydrogen-bond donors (Lipinski definition) is 2. The number of carbonyl (C=O) groups is 1. The molecule has 0 heterocycles. The molecular weight excluding hydrogens is 295 g/mol. The van der Waals surface area contributed by atoms with Crippen LogP contribution < -0.4 is 5.32 Å². The first-order valence-electron chi connectivity index (χ1n) is 5.33. The van der Waals surface area contributed by atoms with Crippen molar-refractivity contribution >= 4 is 28.9 Å². The molecule has 2 N–H and O–H groups in total. The van der Waals surface area contributed by atoms with Crippen LogP contribution in [0.5, 0.6) is 0 Å². The summed E-state index contributed by atoms with van der Waals surface area (Å²) in [5.74, 6) is -5.69. The number of carboxylic acids is 1. The predicted molar refractivity (Wildman–Crippen MR) is 68.0 cm³/mol. The maximum absolute atomic E-state index is 13.5. The molecular formula is C13H7ClF3NO2. The van der Waals surface area contributed by atoms with E-state index in [-0.39, 0.29) is 16.3 Å². The average Bonchev–Trinajstić information content (AvgIpc) is 2.39. The fraction of sp³-hybridized carbons (Fsp3) is 0. The first-order chi connectivity index (χ1) is 9.40. The van der Waals surface area contributed by atoms with Crippen LogP contribution in [0.15, 0.2) is 30.3 Å². The molecule has 0 aliphatic heterocycles. The predicted octanol–water partition coefficient (Wildman–Crippen LogP) is 4.20. The average molecular weight is 302 g/mol. The fourth-order valence-electron chi connectivity index (χ4n) is 1.57. The van der Waals surface area contributed by atoms with Gasteiger partial charge in [0.25, 0.3) is 0 Å². The molecule has 0 saturated heterocycles. The first kappa shape index (κ1) is 14.2. The zero-order chi connectivity index (χ0) is 14.9. The van der Waals surface area contributed by atoms with Crippen molar-refractivity contribution in [3.63, 3.8) is 0 Å². The van der Waals surface area contributed by atoms with Gasteiger partial charge in [-0.3, -0.25) is 0 Å². The van der Waals surface area contributed by atoms with Crippen LogP contribution in [0.2, 0.25) is 5.02 Å². The number of rotatable bonds is 3. The zero-order valence-electron chi connectivity index (χ0n) is 9.75. The van der Waals surface area contributed by atoms with Crippen molar-refractivity contribution < 1.29 is 23.1 Å². The van der Waals surface area contributed by atoms with E-state index in [0.29, 0.717) is 0 Å². The Bertz CT molecular complexity index is 692. The second kappa shape index (κ2) is 5.42. The Morgan fingerprint density at radius 3 is 2.40 bits per heavy atom. The van der Waals surface area contributed by atoms with E-state index in [0.717, 1.165) is 12.1 Å². The van der Waals surface area contributed by atoms with Gasteiger partial charge in [-0.05, 0) is 30.3 Å². The number of aromatic carboxylic acids is 1. The number of halogens is 4. The van der Waals surface area contributed by atoms with Crippen molar-refractivity contribution in [3.05, 3.63) is 58.4 Å². The lowest BCUT2D eigenvalue weighted by Gasteiger charge is -2.11. The van der Waals surface area contributed by atoms with E-state index in [4.69, 9.17) is 16.7 Å². The molecule has 0 radical (unpaired) electrons. The van der Waals surface area contributed by atoms with Crippen molar-refractivity contribution in [2.75, 3.05) is 5.32 Å². The third-order valence-corrected chi connectivity index (χ3v) is 2.75. The second-order valence-corrected chi connectivity index (χ2v) is 4.28. The highest BCUT2D eigenvalue weighted by atomic mass is 35.5. The monoisotopic (exact) mass is 301 g/mol. The molecule has 0 spiro atoms. The highest BCUT2D eigenvalue weighted by molar-refractivity contribution is 6.31. The Labute approximate surface area is 116 Å². The molecule has 3 nitrogen and oxygen atoms in total. The molecule has 0 saturated carbocycles. The van der Waals surface area contributed by atoms with Gasteiger partial charge in [-0.2, -0.15) is 0 Å². The number of benzene rings is 2. The first-order valence-corrected chi connectivity index (χ1v) is 5.71. The van der Waals surface area contributed by atoms with Crippen LogP contribution >= 0.6 is 11.6 Å². The third kappa shape index (κ3) is 2.70. The molecule has 7 heteroatoms. The van der Waals surface area contributed by atoms with Crippen LogP contribution in [0.3, 0.4) is 0 Å². The summed E-state index contributed by atoms with van der Waals surface area (Å²) in [6.07, 6.45) is 0. The Morgan fingerprint density at radius 2 is 1.75 bits per heavy atom. The molecule has 0 bridgehead atoms. The molecule has 0 aromatic heterocycles. The summed E-state index contributed by atoms with van der Waals surface area (Å²) in [6, 6.07) is 5.49. The molecule has 0 aliphatic carbocycles. The van der Waals surface area contributed by atoms with E-state index in [1.807, 2.05) is 0 Å². The van der Waals surface area contributed by atoms with Gasteiger partial charge >= 0.3 is 5.97 Å². The summed E-state index contributed by atoms with van der Waals surface area (Å²) in [5, 5.41) is 11.6. The van der Waals surface area contributed by atoms with Crippen LogP contribution in [-0.4, -0.2) is 11.1 Å². The SMILES string of the molecule is O=C(O)c1ccc(Cl)cc1Nc1ccc(F)c(F)c1F. The topological polar surface area (TPSA) is 49.3 Å². The summed E-state index contributed by atoms with van der Waals surface area (Å²) < 4.78 is 39.4. The standard InChI is InChI=1S/C13H7ClF3NO2/c14-6-1-2-7(13(19)20)10(5-6)18-9-4-3-8(15)11(16)12(9)17/h1-5,18H,(H,19,20). The number of anilines is 2. The van der Waals surface area contributed by atoms with Crippen LogP contribution in [0.25, 0.3) is 0 Å². The van der Waals surface area contributed by atoms with Crippen molar-refractivity contribution in [2.24, 2.45) is 0 Å². The lowest BCUT2D eigenvalue weighted by Crippen LogP contribution is -2.05.